The van der Waals surface area contributed by atoms with E-state index >= 15 is 0 Å². The fraction of sp³-hybridized carbons (Fsp3) is 0.104. The lowest BCUT2D eigenvalue weighted by Crippen LogP contribution is -2.17. The molecule has 7 aromatic rings. The summed E-state index contributed by atoms with van der Waals surface area (Å²) in [5, 5.41) is 0. The van der Waals surface area contributed by atoms with Gasteiger partial charge >= 0.3 is 0 Å². The van der Waals surface area contributed by atoms with Crippen LogP contribution in [0.3, 0.4) is 0 Å². The normalized spacial score (nSPS) is 15.8. The quantitative estimate of drug-likeness (QED) is 0.176. The Morgan fingerprint density at radius 3 is 1.90 bits per heavy atom. The van der Waals surface area contributed by atoms with Gasteiger partial charge in [-0.2, -0.15) is 0 Å². The molecule has 0 bridgehead atoms. The average Bonchev–Trinajstić information content (AvgIpc) is 3.44. The predicted octanol–water partition coefficient (Wildman–Crippen LogP) is 11.8. The van der Waals surface area contributed by atoms with Crippen LogP contribution in [-0.2, 0) is 5.41 Å². The number of amidine groups is 1. The van der Waals surface area contributed by atoms with Crippen LogP contribution in [0.1, 0.15) is 54.1 Å². The lowest BCUT2D eigenvalue weighted by atomic mass is 9.81. The van der Waals surface area contributed by atoms with E-state index in [1.54, 1.807) is 0 Å². The number of benzene rings is 6. The molecule has 1 unspecified atom stereocenters. The van der Waals surface area contributed by atoms with Gasteiger partial charge in [0.25, 0.3) is 0 Å². The summed E-state index contributed by atoms with van der Waals surface area (Å²) in [5.74, 6) is 0.764. The van der Waals surface area contributed by atoms with Crippen LogP contribution in [0.4, 0.5) is 0 Å². The molecule has 6 aromatic carbocycles. The Morgan fingerprint density at radius 2 is 1.10 bits per heavy atom. The molecular formula is C48H37N3. The van der Waals surface area contributed by atoms with Gasteiger partial charge in [-0.15, -0.1) is 0 Å². The highest BCUT2D eigenvalue weighted by Crippen LogP contribution is 2.49. The minimum Gasteiger partial charge on any atom is -0.264 e. The summed E-state index contributed by atoms with van der Waals surface area (Å²) in [5.41, 5.74) is 16.8. The number of aromatic nitrogens is 1. The van der Waals surface area contributed by atoms with Crippen LogP contribution in [0, 0.1) is 0 Å². The summed E-state index contributed by atoms with van der Waals surface area (Å²) in [4.78, 5) is 14.8. The first-order valence-electron chi connectivity index (χ1n) is 17.7. The number of aliphatic imine (C=N–C) groups is 2. The van der Waals surface area contributed by atoms with Crippen molar-refractivity contribution in [3.63, 3.8) is 0 Å². The monoisotopic (exact) mass is 655 g/mol. The Morgan fingerprint density at radius 1 is 0.490 bits per heavy atom. The number of hydrogen-bond donors (Lipinski definition) is 0. The third-order valence-electron chi connectivity index (χ3n) is 10.6. The summed E-state index contributed by atoms with van der Waals surface area (Å²) >= 11 is 0. The molecule has 0 radical (unpaired) electrons. The maximum Gasteiger partial charge on any atom is 0.155 e. The third kappa shape index (κ3) is 5.71. The van der Waals surface area contributed by atoms with Crippen LogP contribution < -0.4 is 0 Å². The first-order chi connectivity index (χ1) is 25.0. The zero-order valence-electron chi connectivity index (χ0n) is 28.8. The lowest BCUT2D eigenvalue weighted by molar-refractivity contribution is 0.660. The number of nitrogens with zero attached hydrogens (tertiary/aromatic N) is 3. The molecule has 0 saturated carbocycles. The van der Waals surface area contributed by atoms with Crippen molar-refractivity contribution in [1.29, 1.82) is 0 Å². The molecule has 0 spiro atoms. The van der Waals surface area contributed by atoms with Gasteiger partial charge in [0.05, 0.1) is 11.8 Å². The molecular weight excluding hydrogens is 619 g/mol. The van der Waals surface area contributed by atoms with Crippen LogP contribution in [0.5, 0.6) is 0 Å². The van der Waals surface area contributed by atoms with Gasteiger partial charge in [0, 0.05) is 29.8 Å². The molecule has 1 aliphatic heterocycles. The summed E-state index contributed by atoms with van der Waals surface area (Å²) in [6.07, 6.45) is 4.43. The zero-order chi connectivity index (χ0) is 34.4. The van der Waals surface area contributed by atoms with Crippen molar-refractivity contribution >= 4 is 11.5 Å². The Hall–Kier alpha value is -6.19. The second-order valence-corrected chi connectivity index (χ2v) is 14.0. The first kappa shape index (κ1) is 30.8. The van der Waals surface area contributed by atoms with Gasteiger partial charge in [0.15, 0.2) is 5.84 Å². The number of hydrogen-bond acceptors (Lipinski definition) is 3. The summed E-state index contributed by atoms with van der Waals surface area (Å²) in [6, 6.07) is 56.6. The molecule has 9 rings (SSSR count). The van der Waals surface area contributed by atoms with Crippen molar-refractivity contribution in [3.8, 4) is 44.5 Å². The highest BCUT2D eigenvalue weighted by molar-refractivity contribution is 6.14. The minimum atomic E-state index is -0.0592. The fourth-order valence-corrected chi connectivity index (χ4v) is 7.73. The molecule has 51 heavy (non-hydrogen) atoms. The van der Waals surface area contributed by atoms with Gasteiger partial charge < -0.3 is 0 Å². The molecule has 1 atom stereocenters. The standard InChI is InChI=1S/C48H37N3/c1-48(2)43-16-7-6-15-41(43)42-26-25-38(29-44(42)48)33-17-21-35(22-18-33)45-30-46(36-23-19-34(20-24-36)40-14-9-27-49-31-40)51-47(50-45)39-13-8-12-37(28-39)32-10-4-3-5-11-32/h3-29,31,46H,30H2,1-2H3. The molecule has 0 saturated heterocycles. The predicted molar refractivity (Wildman–Crippen MR) is 211 cm³/mol. The van der Waals surface area contributed by atoms with Crippen LogP contribution in [0.25, 0.3) is 44.5 Å². The van der Waals surface area contributed by atoms with Gasteiger partial charge in [-0.3, -0.25) is 9.98 Å². The molecule has 2 heterocycles. The number of fused-ring (bicyclic) bond motifs is 3. The fourth-order valence-electron chi connectivity index (χ4n) is 7.73. The van der Waals surface area contributed by atoms with Crippen molar-refractivity contribution in [2.75, 3.05) is 0 Å². The van der Waals surface area contributed by atoms with Crippen LogP contribution in [0.2, 0.25) is 0 Å². The Bertz CT molecular complexity index is 2440. The highest BCUT2D eigenvalue weighted by Gasteiger charge is 2.35. The second-order valence-electron chi connectivity index (χ2n) is 14.0. The lowest BCUT2D eigenvalue weighted by Gasteiger charge is -2.22. The van der Waals surface area contributed by atoms with E-state index in [-0.39, 0.29) is 11.5 Å². The zero-order valence-corrected chi connectivity index (χ0v) is 28.8. The van der Waals surface area contributed by atoms with E-state index in [4.69, 9.17) is 9.98 Å². The third-order valence-corrected chi connectivity index (χ3v) is 10.6. The molecule has 3 nitrogen and oxygen atoms in total. The maximum absolute atomic E-state index is 5.28. The van der Waals surface area contributed by atoms with Crippen molar-refractivity contribution in [2.45, 2.75) is 31.7 Å². The average molecular weight is 656 g/mol. The van der Waals surface area contributed by atoms with Gasteiger partial charge in [-0.25, -0.2) is 4.99 Å². The minimum absolute atomic E-state index is 0.0303. The van der Waals surface area contributed by atoms with E-state index in [0.717, 1.165) is 45.8 Å². The summed E-state index contributed by atoms with van der Waals surface area (Å²) < 4.78 is 0. The molecule has 0 fully saturated rings. The van der Waals surface area contributed by atoms with Gasteiger partial charge in [-0.05, 0) is 85.0 Å². The maximum atomic E-state index is 5.28. The largest absolute Gasteiger partial charge is 0.264 e. The molecule has 0 amide bonds. The molecule has 244 valence electrons. The van der Waals surface area contributed by atoms with Crippen molar-refractivity contribution in [3.05, 3.63) is 198 Å². The SMILES string of the molecule is CC1(C)c2ccccc2-c2ccc(-c3ccc(C4=NC(c5cccc(-c6ccccc6)c5)=NC(c5ccc(-c6cccnc6)cc5)C4)cc3)cc21. The first-order valence-corrected chi connectivity index (χ1v) is 17.7. The second kappa shape index (κ2) is 12.6. The van der Waals surface area contributed by atoms with Crippen LogP contribution in [0.15, 0.2) is 180 Å². The molecule has 2 aliphatic rings. The summed E-state index contributed by atoms with van der Waals surface area (Å²) in [7, 11) is 0. The Balaban J connectivity index is 1.06. The number of pyridine rings is 1. The topological polar surface area (TPSA) is 37.6 Å². The van der Waals surface area contributed by atoms with Crippen molar-refractivity contribution in [1.82, 2.24) is 4.98 Å². The van der Waals surface area contributed by atoms with Crippen LogP contribution >= 0.6 is 0 Å². The van der Waals surface area contributed by atoms with E-state index in [2.05, 4.69) is 170 Å². The van der Waals surface area contributed by atoms with Crippen LogP contribution in [-0.4, -0.2) is 16.5 Å². The summed E-state index contributed by atoms with van der Waals surface area (Å²) in [6.45, 7) is 4.67. The van der Waals surface area contributed by atoms with E-state index in [9.17, 15) is 0 Å². The van der Waals surface area contributed by atoms with E-state index < -0.39 is 0 Å². The Labute approximate surface area is 299 Å². The Kier molecular flexibility index (Phi) is 7.62. The van der Waals surface area contributed by atoms with Crippen molar-refractivity contribution < 1.29 is 0 Å². The molecule has 0 N–H and O–H groups in total. The van der Waals surface area contributed by atoms with Gasteiger partial charge in [-0.1, -0.05) is 153 Å². The smallest absolute Gasteiger partial charge is 0.155 e. The van der Waals surface area contributed by atoms with E-state index in [1.807, 2.05) is 18.5 Å². The molecule has 1 aliphatic carbocycles. The molecule has 1 aromatic heterocycles. The van der Waals surface area contributed by atoms with Gasteiger partial charge in [0.1, 0.15) is 0 Å². The number of rotatable bonds is 6. The molecule has 3 heteroatoms. The highest BCUT2D eigenvalue weighted by atomic mass is 15.0. The van der Waals surface area contributed by atoms with Gasteiger partial charge in [0.2, 0.25) is 0 Å². The van der Waals surface area contributed by atoms with Crippen molar-refractivity contribution in [2.24, 2.45) is 9.98 Å². The van der Waals surface area contributed by atoms with E-state index in [1.165, 1.54) is 44.5 Å². The van der Waals surface area contributed by atoms with E-state index in [0.29, 0.717) is 0 Å².